The summed E-state index contributed by atoms with van der Waals surface area (Å²) in [6, 6.07) is 11.7. The predicted molar refractivity (Wildman–Crippen MR) is 147 cm³/mol. The Hall–Kier alpha value is -3.88. The molecule has 36 heavy (non-hydrogen) atoms. The third kappa shape index (κ3) is 6.84. The number of nitrogen functional groups attached to an aromatic ring is 1. The molecule has 3 aromatic rings. The highest BCUT2D eigenvalue weighted by Gasteiger charge is 2.29. The molecule has 0 radical (unpaired) electrons. The van der Waals surface area contributed by atoms with E-state index in [9.17, 15) is 4.79 Å². The maximum atomic E-state index is 12.1. The van der Waals surface area contributed by atoms with E-state index in [1.807, 2.05) is 75.6 Å². The Morgan fingerprint density at radius 2 is 1.78 bits per heavy atom. The normalized spacial score (nSPS) is 14.6. The van der Waals surface area contributed by atoms with Crippen molar-refractivity contribution in [2.45, 2.75) is 32.5 Å². The van der Waals surface area contributed by atoms with Crippen LogP contribution < -0.4 is 16.4 Å². The van der Waals surface area contributed by atoms with Crippen LogP contribution >= 0.6 is 0 Å². The van der Waals surface area contributed by atoms with Crippen molar-refractivity contribution in [3.63, 3.8) is 0 Å². The largest absolute Gasteiger partial charge is 0.368 e. The molecular weight excluding hydrogens is 450 g/mol. The number of pyridine rings is 1. The van der Waals surface area contributed by atoms with E-state index in [1.165, 1.54) is 0 Å². The minimum absolute atomic E-state index is 0.0901. The number of carbonyl (C=O) groups is 1. The zero-order valence-corrected chi connectivity index (χ0v) is 21.3. The summed E-state index contributed by atoms with van der Waals surface area (Å²) in [5.74, 6) is 0.119. The first-order valence-electron chi connectivity index (χ1n) is 11.9. The van der Waals surface area contributed by atoms with Gasteiger partial charge in [0.1, 0.15) is 0 Å². The predicted octanol–water partition coefficient (Wildman–Crippen LogP) is 3.63. The van der Waals surface area contributed by atoms with Crippen molar-refractivity contribution in [1.29, 1.82) is 0 Å². The van der Waals surface area contributed by atoms with Crippen molar-refractivity contribution in [3.8, 4) is 0 Å². The van der Waals surface area contributed by atoms with E-state index in [2.05, 4.69) is 26.8 Å². The fourth-order valence-electron chi connectivity index (χ4n) is 4.14. The molecule has 3 rings (SSSR count). The molecule has 1 aromatic carbocycles. The van der Waals surface area contributed by atoms with Crippen LogP contribution in [0.4, 0.5) is 11.6 Å². The summed E-state index contributed by atoms with van der Waals surface area (Å²) in [6.45, 7) is 4.55. The van der Waals surface area contributed by atoms with E-state index in [0.29, 0.717) is 12.2 Å². The quantitative estimate of drug-likeness (QED) is 0.315. The van der Waals surface area contributed by atoms with E-state index < -0.39 is 0 Å². The Kier molecular flexibility index (Phi) is 9.44. The van der Waals surface area contributed by atoms with Gasteiger partial charge in [0, 0.05) is 42.2 Å². The van der Waals surface area contributed by atoms with Gasteiger partial charge in [-0.1, -0.05) is 42.5 Å². The van der Waals surface area contributed by atoms with Crippen LogP contribution in [0.2, 0.25) is 0 Å². The number of nitrogens with zero attached hydrogens (tertiary/aromatic N) is 5. The molecule has 0 spiro atoms. The van der Waals surface area contributed by atoms with Gasteiger partial charge >= 0.3 is 0 Å². The summed E-state index contributed by atoms with van der Waals surface area (Å²) in [4.78, 5) is 28.6. The molecule has 8 heteroatoms. The lowest BCUT2D eigenvalue weighted by Crippen LogP contribution is -2.43. The van der Waals surface area contributed by atoms with Gasteiger partial charge in [-0.25, -0.2) is 9.97 Å². The van der Waals surface area contributed by atoms with Gasteiger partial charge in [-0.3, -0.25) is 9.78 Å². The zero-order chi connectivity index (χ0) is 26.1. The number of rotatable bonds is 11. The van der Waals surface area contributed by atoms with Crippen molar-refractivity contribution >= 4 is 29.7 Å². The third-order valence-electron chi connectivity index (χ3n) is 6.25. The summed E-state index contributed by atoms with van der Waals surface area (Å²) in [7, 11) is 4.07. The van der Waals surface area contributed by atoms with Crippen LogP contribution in [0.15, 0.2) is 73.3 Å². The highest BCUT2D eigenvalue weighted by Crippen LogP contribution is 2.34. The lowest BCUT2D eigenvalue weighted by Gasteiger charge is -2.35. The van der Waals surface area contributed by atoms with Crippen molar-refractivity contribution in [2.75, 3.05) is 24.7 Å². The molecule has 0 aliphatic rings. The standard InChI is InChI=1S/C28H35N7O/c1-5-9-26(29)27(20(2)34(3)4)25(12-22-14-32-28(30)33-15-22)23-13-24(17-31-16-23)35(19-36)18-21-10-7-6-8-11-21/h5-17,19-20,26-27H,18,29H2,1-4H3,(H2,30,32,33)/b9-5?,25-12+. The molecular formula is C28H35N7O. The maximum absolute atomic E-state index is 12.1. The molecule has 188 valence electrons. The highest BCUT2D eigenvalue weighted by molar-refractivity contribution is 5.85. The molecule has 1 amide bonds. The highest BCUT2D eigenvalue weighted by atomic mass is 16.1. The molecule has 4 N–H and O–H groups in total. The first-order valence-corrected chi connectivity index (χ1v) is 11.9. The minimum Gasteiger partial charge on any atom is -0.368 e. The molecule has 2 heterocycles. The Bertz CT molecular complexity index is 1180. The number of anilines is 2. The second-order valence-electron chi connectivity index (χ2n) is 8.96. The van der Waals surface area contributed by atoms with Crippen LogP contribution in [0.1, 0.15) is 30.5 Å². The Balaban J connectivity index is 2.13. The van der Waals surface area contributed by atoms with E-state index in [0.717, 1.165) is 28.7 Å². The number of allylic oxidation sites excluding steroid dienone is 1. The summed E-state index contributed by atoms with van der Waals surface area (Å²) < 4.78 is 0. The Morgan fingerprint density at radius 1 is 1.08 bits per heavy atom. The molecule has 0 saturated carbocycles. The van der Waals surface area contributed by atoms with E-state index >= 15 is 0 Å². The number of aromatic nitrogens is 3. The molecule has 0 bridgehead atoms. The minimum atomic E-state index is -0.261. The maximum Gasteiger partial charge on any atom is 0.219 e. The Labute approximate surface area is 213 Å². The van der Waals surface area contributed by atoms with Crippen molar-refractivity contribution in [2.24, 2.45) is 11.7 Å². The molecule has 2 aromatic heterocycles. The fraction of sp³-hybridized carbons (Fsp3) is 0.286. The average Bonchev–Trinajstić information content (AvgIpc) is 2.88. The molecule has 3 unspecified atom stereocenters. The van der Waals surface area contributed by atoms with Crippen molar-refractivity contribution in [3.05, 3.63) is 90.0 Å². The number of amides is 1. The van der Waals surface area contributed by atoms with Crippen molar-refractivity contribution in [1.82, 2.24) is 19.9 Å². The van der Waals surface area contributed by atoms with Gasteiger partial charge < -0.3 is 21.3 Å². The van der Waals surface area contributed by atoms with Gasteiger partial charge in [-0.2, -0.15) is 0 Å². The third-order valence-corrected chi connectivity index (χ3v) is 6.25. The zero-order valence-electron chi connectivity index (χ0n) is 21.3. The van der Waals surface area contributed by atoms with Gasteiger partial charge in [0.25, 0.3) is 0 Å². The van der Waals surface area contributed by atoms with Crippen LogP contribution in [0.25, 0.3) is 11.6 Å². The van der Waals surface area contributed by atoms with Crippen LogP contribution in [0.5, 0.6) is 0 Å². The lowest BCUT2D eigenvalue weighted by molar-refractivity contribution is -0.107. The summed E-state index contributed by atoms with van der Waals surface area (Å²) in [6.07, 6.45) is 13.7. The van der Waals surface area contributed by atoms with Crippen LogP contribution in [0, 0.1) is 5.92 Å². The molecule has 0 aliphatic carbocycles. The van der Waals surface area contributed by atoms with E-state index in [-0.39, 0.29) is 23.9 Å². The number of hydrogen-bond acceptors (Lipinski definition) is 7. The average molecular weight is 486 g/mol. The second kappa shape index (κ2) is 12.7. The summed E-state index contributed by atoms with van der Waals surface area (Å²) >= 11 is 0. The summed E-state index contributed by atoms with van der Waals surface area (Å²) in [5, 5.41) is 0. The van der Waals surface area contributed by atoms with E-state index in [4.69, 9.17) is 11.5 Å². The molecule has 0 fully saturated rings. The van der Waals surface area contributed by atoms with E-state index in [1.54, 1.807) is 29.7 Å². The number of benzene rings is 1. The molecule has 3 atom stereocenters. The number of nitrogens with two attached hydrogens (primary N) is 2. The van der Waals surface area contributed by atoms with Gasteiger partial charge in [0.2, 0.25) is 12.4 Å². The second-order valence-corrected chi connectivity index (χ2v) is 8.96. The van der Waals surface area contributed by atoms with Crippen LogP contribution in [0.3, 0.4) is 0 Å². The van der Waals surface area contributed by atoms with Crippen LogP contribution in [-0.4, -0.2) is 52.4 Å². The topological polar surface area (TPSA) is 114 Å². The lowest BCUT2D eigenvalue weighted by atomic mass is 9.81. The first-order chi connectivity index (χ1) is 17.3. The smallest absolute Gasteiger partial charge is 0.219 e. The SMILES string of the molecule is CC=CC(N)C(/C(=C/c1cnc(N)nc1)c1cncc(N(C=O)Cc2ccccc2)c1)C(C)N(C)C. The number of hydrogen-bond donors (Lipinski definition) is 2. The summed E-state index contributed by atoms with van der Waals surface area (Å²) in [5.41, 5.74) is 16.8. The van der Waals surface area contributed by atoms with Crippen LogP contribution in [-0.2, 0) is 11.3 Å². The van der Waals surface area contributed by atoms with Gasteiger partial charge in [-0.15, -0.1) is 0 Å². The molecule has 0 saturated heterocycles. The number of carbonyl (C=O) groups excluding carboxylic acids is 1. The van der Waals surface area contributed by atoms with Gasteiger partial charge in [0.05, 0.1) is 18.4 Å². The fourth-order valence-corrected chi connectivity index (χ4v) is 4.14. The first kappa shape index (κ1) is 26.7. The van der Waals surface area contributed by atoms with Crippen molar-refractivity contribution < 1.29 is 4.79 Å². The Morgan fingerprint density at radius 3 is 2.39 bits per heavy atom. The van der Waals surface area contributed by atoms with Gasteiger partial charge in [0.15, 0.2) is 0 Å². The van der Waals surface area contributed by atoms with Gasteiger partial charge in [-0.05, 0) is 56.8 Å². The molecule has 0 aliphatic heterocycles. The monoisotopic (exact) mass is 485 g/mol. The molecule has 8 nitrogen and oxygen atoms in total.